The summed E-state index contributed by atoms with van der Waals surface area (Å²) in [6, 6.07) is 0. The molecule has 2 heterocycles. The molecule has 0 unspecified atom stereocenters. The molecule has 0 spiro atoms. The van der Waals surface area contributed by atoms with Crippen LogP contribution in [0.3, 0.4) is 0 Å². The van der Waals surface area contributed by atoms with Crippen molar-refractivity contribution in [3.05, 3.63) is 0 Å². The van der Waals surface area contributed by atoms with E-state index in [4.69, 9.17) is 0 Å². The van der Waals surface area contributed by atoms with Gasteiger partial charge in [-0.05, 0) is 6.42 Å². The van der Waals surface area contributed by atoms with Crippen LogP contribution in [0.4, 0.5) is 0 Å². The predicted octanol–water partition coefficient (Wildman–Crippen LogP) is -5.86. The van der Waals surface area contributed by atoms with E-state index in [9.17, 15) is 0 Å². The zero-order chi connectivity index (χ0) is 12.4. The van der Waals surface area contributed by atoms with Crippen molar-refractivity contribution in [1.29, 1.82) is 0 Å². The van der Waals surface area contributed by atoms with E-state index in [1.54, 1.807) is 0 Å². The monoisotopic (exact) mass is 308 g/mol. The molecule has 112 valence electrons. The third-order valence-corrected chi connectivity index (χ3v) is 4.10. The summed E-state index contributed by atoms with van der Waals surface area (Å²) in [5.74, 6) is 3.02. The van der Waals surface area contributed by atoms with Crippen LogP contribution in [0.15, 0.2) is 0 Å². The first-order valence-electron chi connectivity index (χ1n) is 6.66. The second-order valence-electron chi connectivity index (χ2n) is 5.37. The highest BCUT2D eigenvalue weighted by atomic mass is 35.5. The molecule has 6 heteroatoms. The molecule has 0 aliphatic carbocycles. The Morgan fingerprint density at radius 2 is 1.21 bits per heavy atom. The summed E-state index contributed by atoms with van der Waals surface area (Å²) in [4.78, 5) is 4.79. The summed E-state index contributed by atoms with van der Waals surface area (Å²) in [5, 5.41) is 0. The quantitative estimate of drug-likeness (QED) is 0.480. The normalized spacial score (nSPS) is 18.9. The first kappa shape index (κ1) is 18.5. The lowest BCUT2D eigenvalue weighted by Gasteiger charge is -2.09. The second kappa shape index (κ2) is 7.95. The Labute approximate surface area is 129 Å². The van der Waals surface area contributed by atoms with Gasteiger partial charge in [0.05, 0.1) is 28.2 Å². The molecule has 0 aromatic rings. The third kappa shape index (κ3) is 4.25. The molecule has 2 aliphatic heterocycles. The molecule has 0 amide bonds. The van der Waals surface area contributed by atoms with Gasteiger partial charge in [0.2, 0.25) is 11.7 Å². The second-order valence-corrected chi connectivity index (χ2v) is 5.37. The van der Waals surface area contributed by atoms with Crippen LogP contribution in [0.1, 0.15) is 19.3 Å². The molecule has 19 heavy (non-hydrogen) atoms. The summed E-state index contributed by atoms with van der Waals surface area (Å²) in [6.45, 7) is 4.73. The molecule has 0 aromatic carbocycles. The number of halogens is 2. The van der Waals surface area contributed by atoms with Crippen LogP contribution in [0.2, 0.25) is 0 Å². The van der Waals surface area contributed by atoms with E-state index in [1.807, 2.05) is 0 Å². The summed E-state index contributed by atoms with van der Waals surface area (Å²) < 4.78 is 4.79. The fourth-order valence-electron chi connectivity index (χ4n) is 2.87. The molecule has 0 saturated carbocycles. The fourth-order valence-corrected chi connectivity index (χ4v) is 2.87. The van der Waals surface area contributed by atoms with Crippen LogP contribution in [0.5, 0.6) is 0 Å². The highest BCUT2D eigenvalue weighted by Gasteiger charge is 2.27. The Hall–Kier alpha value is -0.480. The summed E-state index contributed by atoms with van der Waals surface area (Å²) >= 11 is 0. The average Bonchev–Trinajstić information content (AvgIpc) is 2.77. The SMILES string of the molecule is CN1CC[N+](C)=C1CCCC1=[N+](C)CCN1C.[Cl-].[Cl-]. The molecule has 0 radical (unpaired) electrons. The number of amidine groups is 2. The zero-order valence-electron chi connectivity index (χ0n) is 12.5. The van der Waals surface area contributed by atoms with Crippen LogP contribution < -0.4 is 24.8 Å². The van der Waals surface area contributed by atoms with E-state index >= 15 is 0 Å². The van der Waals surface area contributed by atoms with Crippen LogP contribution in [-0.4, -0.2) is 85.0 Å². The van der Waals surface area contributed by atoms with E-state index in [1.165, 1.54) is 57.1 Å². The fraction of sp³-hybridized carbons (Fsp3) is 0.846. The molecular formula is C13H26Cl2N4. The smallest absolute Gasteiger partial charge is 0.246 e. The highest BCUT2D eigenvalue weighted by molar-refractivity contribution is 5.81. The number of rotatable bonds is 4. The maximum absolute atomic E-state index is 2.40. The van der Waals surface area contributed by atoms with Gasteiger partial charge in [0, 0.05) is 12.8 Å². The van der Waals surface area contributed by atoms with Crippen molar-refractivity contribution in [2.45, 2.75) is 19.3 Å². The summed E-state index contributed by atoms with van der Waals surface area (Å²) in [7, 11) is 8.83. The molecule has 2 rings (SSSR count). The summed E-state index contributed by atoms with van der Waals surface area (Å²) in [6.07, 6.45) is 3.67. The van der Waals surface area contributed by atoms with Gasteiger partial charge in [-0.25, -0.2) is 0 Å². The van der Waals surface area contributed by atoms with E-state index in [2.05, 4.69) is 47.1 Å². The first-order chi connectivity index (χ1) is 8.09. The lowest BCUT2D eigenvalue weighted by molar-refractivity contribution is -0.488. The van der Waals surface area contributed by atoms with Crippen LogP contribution >= 0.6 is 0 Å². The minimum absolute atomic E-state index is 0. The van der Waals surface area contributed by atoms with Gasteiger partial charge in [0.15, 0.2) is 0 Å². The van der Waals surface area contributed by atoms with Crippen molar-refractivity contribution in [2.24, 2.45) is 0 Å². The topological polar surface area (TPSA) is 12.5 Å². The minimum Gasteiger partial charge on any atom is -1.00 e. The van der Waals surface area contributed by atoms with Crippen molar-refractivity contribution in [2.75, 3.05) is 54.4 Å². The Balaban J connectivity index is 0.00000162. The van der Waals surface area contributed by atoms with Gasteiger partial charge in [0.25, 0.3) is 0 Å². The van der Waals surface area contributed by atoms with E-state index in [-0.39, 0.29) is 24.8 Å². The van der Waals surface area contributed by atoms with Crippen LogP contribution in [-0.2, 0) is 0 Å². The van der Waals surface area contributed by atoms with Gasteiger partial charge < -0.3 is 24.8 Å². The number of nitrogens with zero attached hydrogens (tertiary/aromatic N) is 4. The molecule has 0 aromatic heterocycles. The van der Waals surface area contributed by atoms with Gasteiger partial charge in [-0.15, -0.1) is 0 Å². The lowest BCUT2D eigenvalue weighted by atomic mass is 10.2. The van der Waals surface area contributed by atoms with Crippen molar-refractivity contribution >= 4 is 11.7 Å². The van der Waals surface area contributed by atoms with Gasteiger partial charge in [-0.1, -0.05) is 0 Å². The van der Waals surface area contributed by atoms with E-state index in [0.717, 1.165) is 0 Å². The van der Waals surface area contributed by atoms with Crippen LogP contribution in [0, 0.1) is 0 Å². The number of likely N-dealkylation sites (N-methyl/N-ethyl adjacent to an activating group) is 4. The molecule has 2 aliphatic rings. The maximum atomic E-state index is 2.40. The number of hydrogen-bond acceptors (Lipinski definition) is 2. The maximum Gasteiger partial charge on any atom is 0.246 e. The largest absolute Gasteiger partial charge is 1.00 e. The molecule has 0 saturated heterocycles. The Bertz CT molecular complexity index is 332. The Morgan fingerprint density at radius 3 is 1.47 bits per heavy atom. The highest BCUT2D eigenvalue weighted by Crippen LogP contribution is 2.09. The Morgan fingerprint density at radius 1 is 0.842 bits per heavy atom. The third-order valence-electron chi connectivity index (χ3n) is 4.10. The average molecular weight is 309 g/mol. The van der Waals surface area contributed by atoms with E-state index < -0.39 is 0 Å². The van der Waals surface area contributed by atoms with Gasteiger partial charge in [-0.3, -0.25) is 19.0 Å². The predicted molar refractivity (Wildman–Crippen MR) is 71.2 cm³/mol. The molecule has 0 N–H and O–H groups in total. The van der Waals surface area contributed by atoms with Crippen molar-refractivity contribution in [3.8, 4) is 0 Å². The van der Waals surface area contributed by atoms with Gasteiger partial charge in [0.1, 0.15) is 26.2 Å². The molecule has 0 fully saturated rings. The summed E-state index contributed by atoms with van der Waals surface area (Å²) in [5.41, 5.74) is 0. The standard InChI is InChI=1S/C13H26N4.2ClH/c1-14-8-9-15(2)12(14)6-5-7-13-16(3)10-11-17(13)4;;/h5-11H2,1-4H3;2*1H/q+2;;/p-2. The first-order valence-corrected chi connectivity index (χ1v) is 6.66. The molecular weight excluding hydrogens is 283 g/mol. The molecule has 0 bridgehead atoms. The molecule has 4 nitrogen and oxygen atoms in total. The number of hydrogen-bond donors (Lipinski definition) is 0. The van der Waals surface area contributed by atoms with Gasteiger partial charge in [-0.2, -0.15) is 0 Å². The van der Waals surface area contributed by atoms with Crippen LogP contribution in [0.25, 0.3) is 0 Å². The lowest BCUT2D eigenvalue weighted by Crippen LogP contribution is -3.00. The van der Waals surface area contributed by atoms with Crippen molar-refractivity contribution in [3.63, 3.8) is 0 Å². The van der Waals surface area contributed by atoms with Gasteiger partial charge >= 0.3 is 0 Å². The minimum atomic E-state index is 0. The zero-order valence-corrected chi connectivity index (χ0v) is 14.0. The van der Waals surface area contributed by atoms with Crippen molar-refractivity contribution in [1.82, 2.24) is 9.80 Å². The molecule has 0 atom stereocenters. The van der Waals surface area contributed by atoms with E-state index in [0.29, 0.717) is 0 Å². The van der Waals surface area contributed by atoms with Crippen molar-refractivity contribution < 1.29 is 34.0 Å². The Kier molecular flexibility index (Phi) is 7.75.